The Labute approximate surface area is 121 Å². The average molecular weight is 297 g/mol. The molecule has 1 aliphatic carbocycles. The predicted octanol–water partition coefficient (Wildman–Crippen LogP) is 1.31. The highest BCUT2D eigenvalue weighted by Gasteiger charge is 2.28. The van der Waals surface area contributed by atoms with Crippen LogP contribution in [0.25, 0.3) is 0 Å². The monoisotopic (exact) mass is 297 g/mol. The summed E-state index contributed by atoms with van der Waals surface area (Å²) in [5, 5.41) is 5.07. The maximum atomic E-state index is 12.0. The van der Waals surface area contributed by atoms with E-state index in [2.05, 4.69) is 10.3 Å². The van der Waals surface area contributed by atoms with E-state index in [0.717, 1.165) is 19.3 Å². The second-order valence-corrected chi connectivity index (χ2v) is 5.74. The summed E-state index contributed by atoms with van der Waals surface area (Å²) >= 11 is 1.32. The molecule has 1 aromatic rings. The average Bonchev–Trinajstić information content (AvgIpc) is 2.99. The lowest BCUT2D eigenvalue weighted by Crippen LogP contribution is -2.23. The van der Waals surface area contributed by atoms with E-state index in [4.69, 9.17) is 10.5 Å². The van der Waals surface area contributed by atoms with Crippen LogP contribution in [0.2, 0.25) is 0 Å². The zero-order valence-corrected chi connectivity index (χ0v) is 12.2. The van der Waals surface area contributed by atoms with Gasteiger partial charge in [0.1, 0.15) is 0 Å². The van der Waals surface area contributed by atoms with Gasteiger partial charge >= 0.3 is 5.97 Å². The molecule has 2 unspecified atom stereocenters. The summed E-state index contributed by atoms with van der Waals surface area (Å²) in [6.07, 6.45) is 2.58. The van der Waals surface area contributed by atoms with Crippen LogP contribution in [-0.4, -0.2) is 29.5 Å². The van der Waals surface area contributed by atoms with Crippen LogP contribution in [0.3, 0.4) is 0 Å². The lowest BCUT2D eigenvalue weighted by Gasteiger charge is -2.08. The van der Waals surface area contributed by atoms with Gasteiger partial charge in [0, 0.05) is 17.3 Å². The summed E-state index contributed by atoms with van der Waals surface area (Å²) in [7, 11) is 0. The summed E-state index contributed by atoms with van der Waals surface area (Å²) in [5.41, 5.74) is 6.42. The van der Waals surface area contributed by atoms with Crippen molar-refractivity contribution in [3.63, 3.8) is 0 Å². The molecule has 0 saturated heterocycles. The highest BCUT2D eigenvalue weighted by molar-refractivity contribution is 7.13. The van der Waals surface area contributed by atoms with Crippen LogP contribution < -0.4 is 11.1 Å². The second-order valence-electron chi connectivity index (χ2n) is 4.89. The molecule has 0 aliphatic heterocycles. The van der Waals surface area contributed by atoms with Crippen molar-refractivity contribution in [1.29, 1.82) is 0 Å². The van der Waals surface area contributed by atoms with Gasteiger partial charge in [0.2, 0.25) is 5.91 Å². The molecule has 1 amide bonds. The molecule has 0 radical (unpaired) electrons. The number of carbonyl (C=O) groups is 2. The predicted molar refractivity (Wildman–Crippen MR) is 76.4 cm³/mol. The molecule has 1 heterocycles. The van der Waals surface area contributed by atoms with Crippen molar-refractivity contribution >= 4 is 28.3 Å². The fraction of sp³-hybridized carbons (Fsp3) is 0.615. The largest absolute Gasteiger partial charge is 0.466 e. The first-order valence-electron chi connectivity index (χ1n) is 6.75. The zero-order chi connectivity index (χ0) is 14.5. The molecule has 1 fully saturated rings. The van der Waals surface area contributed by atoms with Crippen LogP contribution in [0.15, 0.2) is 5.38 Å². The number of hydrogen-bond acceptors (Lipinski definition) is 6. The van der Waals surface area contributed by atoms with Crippen LogP contribution in [-0.2, 0) is 20.7 Å². The highest BCUT2D eigenvalue weighted by Crippen LogP contribution is 2.26. The number of rotatable bonds is 5. The van der Waals surface area contributed by atoms with E-state index in [0.29, 0.717) is 17.4 Å². The molecular formula is C13H19N3O3S. The minimum atomic E-state index is -0.308. The number of ether oxygens (including phenoxy) is 1. The third kappa shape index (κ3) is 4.01. The number of esters is 1. The van der Waals surface area contributed by atoms with E-state index in [1.807, 2.05) is 0 Å². The minimum absolute atomic E-state index is 0.0255. The second kappa shape index (κ2) is 6.81. The number of carbonyl (C=O) groups excluding carboxylic acids is 2. The highest BCUT2D eigenvalue weighted by atomic mass is 32.1. The van der Waals surface area contributed by atoms with Gasteiger partial charge in [-0.15, -0.1) is 11.3 Å². The number of nitrogens with zero attached hydrogens (tertiary/aromatic N) is 1. The Morgan fingerprint density at radius 2 is 2.35 bits per heavy atom. The maximum absolute atomic E-state index is 12.0. The summed E-state index contributed by atoms with van der Waals surface area (Å²) < 4.78 is 4.85. The van der Waals surface area contributed by atoms with Gasteiger partial charge in [-0.2, -0.15) is 0 Å². The van der Waals surface area contributed by atoms with Crippen molar-refractivity contribution < 1.29 is 14.3 Å². The molecule has 2 atom stereocenters. The fourth-order valence-corrected chi connectivity index (χ4v) is 2.98. The Morgan fingerprint density at radius 1 is 1.55 bits per heavy atom. The first-order chi connectivity index (χ1) is 9.58. The van der Waals surface area contributed by atoms with E-state index >= 15 is 0 Å². The van der Waals surface area contributed by atoms with Crippen molar-refractivity contribution in [3.8, 4) is 0 Å². The quantitative estimate of drug-likeness (QED) is 0.799. The smallest absolute Gasteiger partial charge is 0.311 e. The zero-order valence-electron chi connectivity index (χ0n) is 11.4. The Kier molecular flexibility index (Phi) is 5.08. The maximum Gasteiger partial charge on any atom is 0.311 e. The molecule has 110 valence electrons. The number of amides is 1. The van der Waals surface area contributed by atoms with Gasteiger partial charge in [0.15, 0.2) is 5.13 Å². The van der Waals surface area contributed by atoms with Crippen molar-refractivity contribution in [2.75, 3.05) is 11.9 Å². The van der Waals surface area contributed by atoms with E-state index in [1.54, 1.807) is 12.3 Å². The molecule has 20 heavy (non-hydrogen) atoms. The fourth-order valence-electron chi connectivity index (χ4n) is 2.27. The van der Waals surface area contributed by atoms with Crippen LogP contribution in [0.1, 0.15) is 31.9 Å². The van der Waals surface area contributed by atoms with Crippen LogP contribution in [0.5, 0.6) is 0 Å². The van der Waals surface area contributed by atoms with Gasteiger partial charge in [0.05, 0.1) is 18.7 Å². The molecule has 2 rings (SSSR count). The van der Waals surface area contributed by atoms with Gasteiger partial charge in [-0.25, -0.2) is 4.98 Å². The number of anilines is 1. The Hall–Kier alpha value is -1.47. The van der Waals surface area contributed by atoms with Crippen LogP contribution in [0.4, 0.5) is 5.13 Å². The summed E-state index contributed by atoms with van der Waals surface area (Å²) in [5.74, 6) is -0.366. The Balaban J connectivity index is 1.86. The third-order valence-electron chi connectivity index (χ3n) is 3.26. The normalized spacial score (nSPS) is 21.7. The molecule has 1 aliphatic rings. The van der Waals surface area contributed by atoms with E-state index in [-0.39, 0.29) is 30.3 Å². The van der Waals surface area contributed by atoms with E-state index < -0.39 is 0 Å². The lowest BCUT2D eigenvalue weighted by molar-refractivity contribution is -0.142. The molecule has 0 aromatic carbocycles. The lowest BCUT2D eigenvalue weighted by atomic mass is 10.1. The number of hydrogen-bond donors (Lipinski definition) is 2. The third-order valence-corrected chi connectivity index (χ3v) is 4.06. The molecule has 7 heteroatoms. The molecule has 0 bridgehead atoms. The number of nitrogens with two attached hydrogens (primary N) is 1. The van der Waals surface area contributed by atoms with Crippen molar-refractivity contribution in [2.24, 2.45) is 11.7 Å². The first kappa shape index (κ1) is 14.9. The summed E-state index contributed by atoms with van der Waals surface area (Å²) in [6, 6.07) is 0.126. The van der Waals surface area contributed by atoms with Crippen molar-refractivity contribution in [1.82, 2.24) is 4.98 Å². The standard InChI is InChI=1S/C13H19N3O3S/c1-2-19-11(17)6-10-7-20-13(15-10)16-12(18)8-3-4-9(14)5-8/h7-9H,2-6,14H2,1H3,(H,15,16,18). The summed E-state index contributed by atoms with van der Waals surface area (Å²) in [4.78, 5) is 27.6. The van der Waals surface area contributed by atoms with E-state index in [9.17, 15) is 9.59 Å². The van der Waals surface area contributed by atoms with Gasteiger partial charge in [-0.05, 0) is 26.2 Å². The van der Waals surface area contributed by atoms with Crippen molar-refractivity contribution in [3.05, 3.63) is 11.1 Å². The molecule has 1 saturated carbocycles. The van der Waals surface area contributed by atoms with Gasteiger partial charge in [0.25, 0.3) is 0 Å². The number of aromatic nitrogens is 1. The Bertz CT molecular complexity index is 489. The van der Waals surface area contributed by atoms with E-state index in [1.165, 1.54) is 11.3 Å². The molecular weight excluding hydrogens is 278 g/mol. The Morgan fingerprint density at radius 3 is 3.00 bits per heavy atom. The first-order valence-corrected chi connectivity index (χ1v) is 7.63. The SMILES string of the molecule is CCOC(=O)Cc1csc(NC(=O)C2CCC(N)C2)n1. The minimum Gasteiger partial charge on any atom is -0.466 e. The topological polar surface area (TPSA) is 94.3 Å². The summed E-state index contributed by atoms with van der Waals surface area (Å²) in [6.45, 7) is 2.12. The van der Waals surface area contributed by atoms with Gasteiger partial charge in [-0.3, -0.25) is 9.59 Å². The van der Waals surface area contributed by atoms with Crippen molar-refractivity contribution in [2.45, 2.75) is 38.6 Å². The molecule has 1 aromatic heterocycles. The van der Waals surface area contributed by atoms with Crippen LogP contribution in [0, 0.1) is 5.92 Å². The van der Waals surface area contributed by atoms with Gasteiger partial charge in [-0.1, -0.05) is 0 Å². The molecule has 0 spiro atoms. The van der Waals surface area contributed by atoms with Gasteiger partial charge < -0.3 is 15.8 Å². The molecule has 3 N–H and O–H groups in total. The van der Waals surface area contributed by atoms with Crippen LogP contribution >= 0.6 is 11.3 Å². The number of thiazole rings is 1. The molecule has 6 nitrogen and oxygen atoms in total. The number of nitrogens with one attached hydrogen (secondary N) is 1.